The maximum Gasteiger partial charge on any atom is 0.336 e. The van der Waals surface area contributed by atoms with Gasteiger partial charge in [-0.05, 0) is 35.7 Å². The van der Waals surface area contributed by atoms with Crippen LogP contribution in [-0.2, 0) is 0 Å². The minimum absolute atomic E-state index is 0.146. The summed E-state index contributed by atoms with van der Waals surface area (Å²) in [6, 6.07) is 13.1. The normalized spacial score (nSPS) is 10.6. The predicted octanol–water partition coefficient (Wildman–Crippen LogP) is 3.72. The zero-order chi connectivity index (χ0) is 15.7. The Morgan fingerprint density at radius 3 is 2.36 bits per heavy atom. The second-order valence-electron chi connectivity index (χ2n) is 5.01. The fourth-order valence-electron chi connectivity index (χ4n) is 2.40. The molecule has 0 saturated carbocycles. The van der Waals surface area contributed by atoms with Crippen molar-refractivity contribution < 1.29 is 14.3 Å². The molecule has 0 bridgehead atoms. The van der Waals surface area contributed by atoms with Crippen LogP contribution in [-0.4, -0.2) is 21.3 Å². The van der Waals surface area contributed by atoms with Crippen LogP contribution in [0.2, 0.25) is 0 Å². The molecule has 110 valence electrons. The third-order valence-corrected chi connectivity index (χ3v) is 3.44. The van der Waals surface area contributed by atoms with E-state index in [1.165, 1.54) is 0 Å². The highest BCUT2D eigenvalue weighted by Crippen LogP contribution is 2.31. The Balaban J connectivity index is 2.22. The van der Waals surface area contributed by atoms with Gasteiger partial charge in [-0.3, -0.25) is 0 Å². The van der Waals surface area contributed by atoms with Crippen LogP contribution in [0.1, 0.15) is 21.8 Å². The predicted molar refractivity (Wildman–Crippen MR) is 81.6 cm³/mol. The van der Waals surface area contributed by atoms with E-state index >= 15 is 0 Å². The average molecular weight is 294 g/mol. The van der Waals surface area contributed by atoms with E-state index in [2.05, 4.69) is 10.2 Å². The number of carboxylic acid groups (broad SMARTS) is 1. The Labute approximate surface area is 127 Å². The van der Waals surface area contributed by atoms with Crippen LogP contribution in [0.5, 0.6) is 0 Å². The Kier molecular flexibility index (Phi) is 3.47. The summed E-state index contributed by atoms with van der Waals surface area (Å²) >= 11 is 0. The smallest absolute Gasteiger partial charge is 0.336 e. The molecule has 2 aromatic carbocycles. The summed E-state index contributed by atoms with van der Waals surface area (Å²) in [5.74, 6) is -0.406. The molecule has 0 amide bonds. The highest BCUT2D eigenvalue weighted by molar-refractivity contribution is 5.97. The first-order valence-electron chi connectivity index (χ1n) is 6.80. The first-order chi connectivity index (χ1) is 10.6. The highest BCUT2D eigenvalue weighted by atomic mass is 16.4. The molecule has 0 atom stereocenters. The molecule has 0 fully saturated rings. The zero-order valence-corrected chi connectivity index (χ0v) is 12.2. The summed E-state index contributed by atoms with van der Waals surface area (Å²) in [6.45, 7) is 3.60. The highest BCUT2D eigenvalue weighted by Gasteiger charge is 2.19. The van der Waals surface area contributed by atoms with Gasteiger partial charge in [0, 0.05) is 6.92 Å². The van der Waals surface area contributed by atoms with Crippen molar-refractivity contribution >= 4 is 5.97 Å². The molecule has 1 heterocycles. The summed E-state index contributed by atoms with van der Waals surface area (Å²) in [6.07, 6.45) is 0. The first-order valence-corrected chi connectivity index (χ1v) is 6.80. The lowest BCUT2D eigenvalue weighted by Crippen LogP contribution is -2.02. The summed E-state index contributed by atoms with van der Waals surface area (Å²) < 4.78 is 5.38. The van der Waals surface area contributed by atoms with Gasteiger partial charge in [-0.25, -0.2) is 4.79 Å². The molecule has 0 radical (unpaired) electrons. The van der Waals surface area contributed by atoms with Crippen molar-refractivity contribution in [1.82, 2.24) is 10.2 Å². The maximum absolute atomic E-state index is 11.6. The van der Waals surface area contributed by atoms with Crippen LogP contribution in [0.4, 0.5) is 0 Å². The van der Waals surface area contributed by atoms with Crippen molar-refractivity contribution in [3.8, 4) is 22.6 Å². The summed E-state index contributed by atoms with van der Waals surface area (Å²) in [4.78, 5) is 11.6. The van der Waals surface area contributed by atoms with E-state index < -0.39 is 5.97 Å². The lowest BCUT2D eigenvalue weighted by Gasteiger charge is -2.10. The molecule has 3 aromatic rings. The van der Waals surface area contributed by atoms with Gasteiger partial charge in [0.2, 0.25) is 11.8 Å². The number of hydrogen-bond acceptors (Lipinski definition) is 4. The van der Waals surface area contributed by atoms with Crippen molar-refractivity contribution in [3.63, 3.8) is 0 Å². The summed E-state index contributed by atoms with van der Waals surface area (Å²) in [5.41, 5.74) is 3.37. The molecular formula is C17H14N2O3. The van der Waals surface area contributed by atoms with E-state index in [1.54, 1.807) is 19.1 Å². The van der Waals surface area contributed by atoms with E-state index in [0.717, 1.165) is 16.7 Å². The lowest BCUT2D eigenvalue weighted by molar-refractivity contribution is 0.0697. The summed E-state index contributed by atoms with van der Waals surface area (Å²) in [5, 5.41) is 17.2. The molecule has 0 aliphatic heterocycles. The van der Waals surface area contributed by atoms with Gasteiger partial charge in [0.25, 0.3) is 0 Å². The van der Waals surface area contributed by atoms with Crippen LogP contribution < -0.4 is 0 Å². The van der Waals surface area contributed by atoms with Crippen LogP contribution >= 0.6 is 0 Å². The number of carbonyl (C=O) groups is 1. The Bertz CT molecular complexity index is 838. The van der Waals surface area contributed by atoms with Crippen LogP contribution in [0.3, 0.4) is 0 Å². The van der Waals surface area contributed by atoms with E-state index in [1.807, 2.05) is 37.3 Å². The van der Waals surface area contributed by atoms with Crippen molar-refractivity contribution in [2.75, 3.05) is 0 Å². The van der Waals surface area contributed by atoms with Crippen LogP contribution in [0, 0.1) is 13.8 Å². The Morgan fingerprint density at radius 2 is 1.77 bits per heavy atom. The molecule has 22 heavy (non-hydrogen) atoms. The largest absolute Gasteiger partial charge is 0.478 e. The van der Waals surface area contributed by atoms with Crippen LogP contribution in [0.25, 0.3) is 22.6 Å². The Morgan fingerprint density at radius 1 is 1.05 bits per heavy atom. The fourth-order valence-corrected chi connectivity index (χ4v) is 2.40. The SMILES string of the molecule is Cc1nnc(-c2cc(C)c(-c3ccccc3)cc2C(=O)O)o1. The number of carboxylic acids is 1. The van der Waals surface area contributed by atoms with E-state index in [-0.39, 0.29) is 11.5 Å². The quantitative estimate of drug-likeness (QED) is 0.796. The maximum atomic E-state index is 11.6. The van der Waals surface area contributed by atoms with E-state index in [9.17, 15) is 9.90 Å². The molecule has 0 aliphatic carbocycles. The van der Waals surface area contributed by atoms with Crippen molar-refractivity contribution in [2.24, 2.45) is 0 Å². The number of aromatic carboxylic acids is 1. The number of nitrogens with zero attached hydrogens (tertiary/aromatic N) is 2. The van der Waals surface area contributed by atoms with Crippen molar-refractivity contribution in [2.45, 2.75) is 13.8 Å². The average Bonchev–Trinajstić information content (AvgIpc) is 2.94. The molecule has 1 aromatic heterocycles. The molecule has 0 unspecified atom stereocenters. The number of aromatic nitrogens is 2. The van der Waals surface area contributed by atoms with Gasteiger partial charge in [-0.15, -0.1) is 10.2 Å². The third kappa shape index (κ3) is 2.48. The number of benzene rings is 2. The van der Waals surface area contributed by atoms with Gasteiger partial charge < -0.3 is 9.52 Å². The van der Waals surface area contributed by atoms with E-state index in [4.69, 9.17) is 4.42 Å². The molecule has 5 nitrogen and oxygen atoms in total. The Hall–Kier alpha value is -2.95. The third-order valence-electron chi connectivity index (χ3n) is 3.44. The molecule has 3 rings (SSSR count). The molecular weight excluding hydrogens is 280 g/mol. The van der Waals surface area contributed by atoms with Gasteiger partial charge in [0.15, 0.2) is 0 Å². The first kappa shape index (κ1) is 14.0. The molecule has 0 saturated heterocycles. The lowest BCUT2D eigenvalue weighted by atomic mass is 9.94. The standard InChI is InChI=1S/C17H14N2O3/c1-10-8-14(16-19-18-11(2)22-16)15(17(20)21)9-13(10)12-6-4-3-5-7-12/h3-9H,1-2H3,(H,20,21). The number of rotatable bonds is 3. The van der Waals surface area contributed by atoms with Gasteiger partial charge in [0.1, 0.15) is 0 Å². The molecule has 1 N–H and O–H groups in total. The monoisotopic (exact) mass is 294 g/mol. The van der Waals surface area contributed by atoms with Gasteiger partial charge >= 0.3 is 5.97 Å². The second-order valence-corrected chi connectivity index (χ2v) is 5.01. The van der Waals surface area contributed by atoms with Crippen molar-refractivity contribution in [1.29, 1.82) is 0 Å². The van der Waals surface area contributed by atoms with Crippen molar-refractivity contribution in [3.05, 3.63) is 59.5 Å². The second kappa shape index (κ2) is 5.44. The fraction of sp³-hybridized carbons (Fsp3) is 0.118. The van der Waals surface area contributed by atoms with Gasteiger partial charge in [0.05, 0.1) is 11.1 Å². The number of hydrogen-bond donors (Lipinski definition) is 1. The minimum atomic E-state index is -1.02. The van der Waals surface area contributed by atoms with Gasteiger partial charge in [-0.2, -0.15) is 0 Å². The van der Waals surface area contributed by atoms with E-state index in [0.29, 0.717) is 11.5 Å². The minimum Gasteiger partial charge on any atom is -0.478 e. The van der Waals surface area contributed by atoms with Gasteiger partial charge in [-0.1, -0.05) is 30.3 Å². The number of aryl methyl sites for hydroxylation is 2. The molecule has 0 spiro atoms. The topological polar surface area (TPSA) is 76.2 Å². The van der Waals surface area contributed by atoms with Crippen LogP contribution in [0.15, 0.2) is 46.9 Å². The molecule has 0 aliphatic rings. The molecule has 5 heteroatoms. The zero-order valence-electron chi connectivity index (χ0n) is 12.2. The summed E-state index contributed by atoms with van der Waals surface area (Å²) in [7, 11) is 0.